The third kappa shape index (κ3) is 3.03. The summed E-state index contributed by atoms with van der Waals surface area (Å²) in [5, 5.41) is 0. The second-order valence-corrected chi connectivity index (χ2v) is 7.50. The second-order valence-electron chi connectivity index (χ2n) is 7.50. The molecule has 0 N–H and O–H groups in total. The zero-order chi connectivity index (χ0) is 19.8. The SMILES string of the molecule is Cc1ccccc1-c1ccc2c(c1)n(-c1ccccc1)c[n+]2-c1ccccc1C. The molecule has 1 aromatic heterocycles. The molecule has 0 spiro atoms. The van der Waals surface area contributed by atoms with Gasteiger partial charge in [0.1, 0.15) is 11.4 Å². The van der Waals surface area contributed by atoms with Gasteiger partial charge in [-0.05, 0) is 72.5 Å². The van der Waals surface area contributed by atoms with Crippen molar-refractivity contribution in [2.45, 2.75) is 13.8 Å². The summed E-state index contributed by atoms with van der Waals surface area (Å²) < 4.78 is 4.57. The molecule has 0 aliphatic rings. The number of rotatable bonds is 3. The molecule has 0 bridgehead atoms. The average Bonchev–Trinajstić information content (AvgIpc) is 3.14. The molecule has 2 nitrogen and oxygen atoms in total. The van der Waals surface area contributed by atoms with Crippen molar-refractivity contribution in [1.29, 1.82) is 0 Å². The Morgan fingerprint density at radius 2 is 1.34 bits per heavy atom. The third-order valence-electron chi connectivity index (χ3n) is 5.59. The van der Waals surface area contributed by atoms with Gasteiger partial charge < -0.3 is 0 Å². The lowest BCUT2D eigenvalue weighted by Gasteiger charge is -2.06. The first-order valence-corrected chi connectivity index (χ1v) is 9.96. The summed E-state index contributed by atoms with van der Waals surface area (Å²) in [6, 6.07) is 34.4. The molecule has 5 rings (SSSR count). The Kier molecular flexibility index (Phi) is 4.25. The van der Waals surface area contributed by atoms with Crippen LogP contribution in [0, 0.1) is 13.8 Å². The number of imidazole rings is 1. The van der Waals surface area contributed by atoms with Gasteiger partial charge in [-0.2, -0.15) is 9.13 Å². The van der Waals surface area contributed by atoms with Gasteiger partial charge in [0.05, 0.1) is 0 Å². The van der Waals surface area contributed by atoms with Crippen molar-refractivity contribution in [3.8, 4) is 22.5 Å². The van der Waals surface area contributed by atoms with E-state index in [0.29, 0.717) is 0 Å². The maximum atomic E-state index is 2.30. The molecule has 140 valence electrons. The lowest BCUT2D eigenvalue weighted by atomic mass is 10.0. The number of hydrogen-bond acceptors (Lipinski definition) is 0. The fourth-order valence-corrected chi connectivity index (χ4v) is 4.04. The van der Waals surface area contributed by atoms with Crippen molar-refractivity contribution in [3.63, 3.8) is 0 Å². The van der Waals surface area contributed by atoms with E-state index in [2.05, 4.69) is 126 Å². The normalized spacial score (nSPS) is 11.1. The Morgan fingerprint density at radius 3 is 2.10 bits per heavy atom. The Bertz CT molecular complexity index is 1310. The number of fused-ring (bicyclic) bond motifs is 1. The monoisotopic (exact) mass is 375 g/mol. The van der Waals surface area contributed by atoms with Gasteiger partial charge in [0.2, 0.25) is 0 Å². The molecule has 0 amide bonds. The van der Waals surface area contributed by atoms with E-state index >= 15 is 0 Å². The minimum atomic E-state index is 1.16. The smallest absolute Gasteiger partial charge is 0.195 e. The fraction of sp³-hybridized carbons (Fsp3) is 0.0741. The highest BCUT2D eigenvalue weighted by atomic mass is 15.1. The van der Waals surface area contributed by atoms with E-state index in [1.54, 1.807) is 0 Å². The number of hydrogen-bond donors (Lipinski definition) is 0. The summed E-state index contributed by atoms with van der Waals surface area (Å²) in [6.07, 6.45) is 2.20. The Balaban J connectivity index is 1.81. The van der Waals surface area contributed by atoms with Gasteiger partial charge in [-0.3, -0.25) is 0 Å². The molecule has 4 aromatic carbocycles. The highest BCUT2D eigenvalue weighted by Gasteiger charge is 2.20. The molecular weight excluding hydrogens is 352 g/mol. The Hall–Kier alpha value is -3.65. The van der Waals surface area contributed by atoms with E-state index in [4.69, 9.17) is 0 Å². The van der Waals surface area contributed by atoms with Gasteiger partial charge in [0.25, 0.3) is 6.33 Å². The van der Waals surface area contributed by atoms with Crippen molar-refractivity contribution >= 4 is 11.0 Å². The predicted octanol–water partition coefficient (Wildman–Crippen LogP) is 6.19. The zero-order valence-corrected chi connectivity index (χ0v) is 16.7. The molecule has 0 saturated carbocycles. The summed E-state index contributed by atoms with van der Waals surface area (Å²) in [5.74, 6) is 0. The summed E-state index contributed by atoms with van der Waals surface area (Å²) in [5.41, 5.74) is 9.81. The summed E-state index contributed by atoms with van der Waals surface area (Å²) in [7, 11) is 0. The molecule has 0 saturated heterocycles. The van der Waals surface area contributed by atoms with E-state index in [1.165, 1.54) is 39.0 Å². The first-order valence-electron chi connectivity index (χ1n) is 9.96. The minimum absolute atomic E-state index is 1.16. The van der Waals surface area contributed by atoms with Crippen LogP contribution in [0.15, 0.2) is 103 Å². The molecule has 0 aliphatic heterocycles. The van der Waals surface area contributed by atoms with Crippen LogP contribution in [-0.2, 0) is 0 Å². The van der Waals surface area contributed by atoms with Gasteiger partial charge in [-0.25, -0.2) is 0 Å². The lowest BCUT2D eigenvalue weighted by Crippen LogP contribution is -2.29. The topological polar surface area (TPSA) is 8.81 Å². The molecule has 0 aliphatic carbocycles. The molecule has 29 heavy (non-hydrogen) atoms. The molecule has 5 aromatic rings. The van der Waals surface area contributed by atoms with Crippen LogP contribution in [0.5, 0.6) is 0 Å². The van der Waals surface area contributed by atoms with E-state index in [1.807, 2.05) is 0 Å². The van der Waals surface area contributed by atoms with Crippen LogP contribution in [0.3, 0.4) is 0 Å². The standard InChI is InChI=1S/C27H23N2/c1-20-10-6-8-14-24(20)22-16-17-26-27(18-22)28(23-12-4-3-5-13-23)19-29(26)25-15-9-7-11-21(25)2/h3-19H,1-2H3/q+1. The van der Waals surface area contributed by atoms with Gasteiger partial charge in [0, 0.05) is 0 Å². The predicted molar refractivity (Wildman–Crippen MR) is 120 cm³/mol. The Labute approximate surface area is 171 Å². The van der Waals surface area contributed by atoms with Crippen LogP contribution >= 0.6 is 0 Å². The molecule has 2 heteroatoms. The van der Waals surface area contributed by atoms with Crippen molar-refractivity contribution in [2.75, 3.05) is 0 Å². The molecule has 0 unspecified atom stereocenters. The third-order valence-corrected chi connectivity index (χ3v) is 5.59. The summed E-state index contributed by atoms with van der Waals surface area (Å²) >= 11 is 0. The molecule has 0 fully saturated rings. The second kappa shape index (κ2) is 7.06. The lowest BCUT2D eigenvalue weighted by molar-refractivity contribution is -0.568. The van der Waals surface area contributed by atoms with Gasteiger partial charge >= 0.3 is 0 Å². The number of para-hydroxylation sites is 2. The van der Waals surface area contributed by atoms with Crippen molar-refractivity contribution in [3.05, 3.63) is 115 Å². The van der Waals surface area contributed by atoms with Crippen molar-refractivity contribution < 1.29 is 4.57 Å². The zero-order valence-electron chi connectivity index (χ0n) is 16.7. The van der Waals surface area contributed by atoms with Crippen molar-refractivity contribution in [1.82, 2.24) is 4.57 Å². The van der Waals surface area contributed by atoms with Gasteiger partial charge in [-0.1, -0.05) is 60.7 Å². The number of benzene rings is 4. The van der Waals surface area contributed by atoms with Crippen LogP contribution in [0.25, 0.3) is 33.5 Å². The summed E-state index contributed by atoms with van der Waals surface area (Å²) in [6.45, 7) is 4.33. The first-order chi connectivity index (χ1) is 14.2. The molecule has 1 heterocycles. The largest absolute Gasteiger partial charge is 0.255 e. The van der Waals surface area contributed by atoms with E-state index in [-0.39, 0.29) is 0 Å². The van der Waals surface area contributed by atoms with Crippen LogP contribution in [-0.4, -0.2) is 4.57 Å². The van der Waals surface area contributed by atoms with Crippen LogP contribution in [0.2, 0.25) is 0 Å². The Morgan fingerprint density at radius 1 is 0.655 bits per heavy atom. The van der Waals surface area contributed by atoms with E-state index < -0.39 is 0 Å². The van der Waals surface area contributed by atoms with Crippen molar-refractivity contribution in [2.24, 2.45) is 0 Å². The van der Waals surface area contributed by atoms with Crippen LogP contribution in [0.4, 0.5) is 0 Å². The maximum Gasteiger partial charge on any atom is 0.255 e. The highest BCUT2D eigenvalue weighted by Crippen LogP contribution is 2.28. The van der Waals surface area contributed by atoms with E-state index in [9.17, 15) is 0 Å². The maximum absolute atomic E-state index is 2.30. The number of nitrogens with zero attached hydrogens (tertiary/aromatic N) is 2. The van der Waals surface area contributed by atoms with Gasteiger partial charge in [-0.15, -0.1) is 0 Å². The molecular formula is C27H23N2+. The van der Waals surface area contributed by atoms with E-state index in [0.717, 1.165) is 5.69 Å². The first kappa shape index (κ1) is 17.4. The quantitative estimate of drug-likeness (QED) is 0.332. The molecule has 0 radical (unpaired) electrons. The van der Waals surface area contributed by atoms with Gasteiger partial charge in [0.15, 0.2) is 11.0 Å². The van der Waals surface area contributed by atoms with Crippen LogP contribution in [0.1, 0.15) is 11.1 Å². The fourth-order valence-electron chi connectivity index (χ4n) is 4.04. The van der Waals surface area contributed by atoms with Crippen LogP contribution < -0.4 is 4.57 Å². The summed E-state index contributed by atoms with van der Waals surface area (Å²) in [4.78, 5) is 0. The number of aromatic nitrogens is 2. The molecule has 0 atom stereocenters. The highest BCUT2D eigenvalue weighted by molar-refractivity contribution is 5.82. The number of aryl methyl sites for hydroxylation is 2. The minimum Gasteiger partial charge on any atom is -0.195 e. The average molecular weight is 375 g/mol.